The van der Waals surface area contributed by atoms with Crippen LogP contribution in [0.15, 0.2) is 36.2 Å². The molecule has 0 radical (unpaired) electrons. The van der Waals surface area contributed by atoms with Gasteiger partial charge in [-0.15, -0.1) is 0 Å². The van der Waals surface area contributed by atoms with Crippen LogP contribution in [-0.4, -0.2) is 44.7 Å². The largest absolute Gasteiger partial charge is 0.379 e. The summed E-state index contributed by atoms with van der Waals surface area (Å²) in [5.74, 6) is -0.615. The monoisotopic (exact) mass is 256 g/mol. The van der Waals surface area contributed by atoms with Gasteiger partial charge in [0.05, 0.1) is 20.7 Å². The van der Waals surface area contributed by atoms with E-state index in [1.54, 1.807) is 33.4 Å². The van der Waals surface area contributed by atoms with Crippen molar-refractivity contribution in [2.45, 2.75) is 13.3 Å². The SMILES string of the molecule is C=CC(C)=CC=C(F)CC(=O)[N+](C)(C)CCOC. The molecule has 0 N–H and O–H groups in total. The van der Waals surface area contributed by atoms with Crippen LogP contribution in [0.4, 0.5) is 4.39 Å². The second kappa shape index (κ2) is 7.95. The molecular weight excluding hydrogens is 233 g/mol. The molecule has 0 aliphatic rings. The van der Waals surface area contributed by atoms with Gasteiger partial charge in [0.1, 0.15) is 18.8 Å². The van der Waals surface area contributed by atoms with Crippen LogP contribution >= 0.6 is 0 Å². The predicted octanol–water partition coefficient (Wildman–Crippen LogP) is 2.61. The lowest BCUT2D eigenvalue weighted by atomic mass is 10.2. The fourth-order valence-electron chi connectivity index (χ4n) is 1.15. The summed E-state index contributed by atoms with van der Waals surface area (Å²) < 4.78 is 18.6. The average Bonchev–Trinajstić information content (AvgIpc) is 2.33. The second-order valence-corrected chi connectivity index (χ2v) is 4.70. The smallest absolute Gasteiger partial charge is 0.320 e. The van der Waals surface area contributed by atoms with E-state index in [1.165, 1.54) is 6.08 Å². The number of halogens is 1. The third-order valence-corrected chi connectivity index (χ3v) is 2.70. The molecule has 0 aromatic carbocycles. The molecule has 0 fully saturated rings. The van der Waals surface area contributed by atoms with Gasteiger partial charge in [-0.25, -0.2) is 9.18 Å². The quantitative estimate of drug-likeness (QED) is 0.517. The minimum absolute atomic E-state index is 0.110. The summed E-state index contributed by atoms with van der Waals surface area (Å²) in [6, 6.07) is 0. The van der Waals surface area contributed by atoms with E-state index in [9.17, 15) is 9.18 Å². The fourth-order valence-corrected chi connectivity index (χ4v) is 1.15. The molecule has 18 heavy (non-hydrogen) atoms. The second-order valence-electron chi connectivity index (χ2n) is 4.70. The molecule has 0 rings (SSSR count). The van der Waals surface area contributed by atoms with Crippen LogP contribution in [0.5, 0.6) is 0 Å². The Morgan fingerprint density at radius 1 is 1.39 bits per heavy atom. The Balaban J connectivity index is 4.51. The summed E-state index contributed by atoms with van der Waals surface area (Å²) in [5.41, 5.74) is 0.853. The molecule has 0 aliphatic heterocycles. The first-order chi connectivity index (χ1) is 8.33. The number of carbonyl (C=O) groups excluding carboxylic acids is 1. The third kappa shape index (κ3) is 6.47. The number of nitrogens with zero attached hydrogens (tertiary/aromatic N) is 1. The maximum absolute atomic E-state index is 13.5. The zero-order chi connectivity index (χ0) is 14.2. The topological polar surface area (TPSA) is 26.3 Å². The molecule has 0 heterocycles. The summed E-state index contributed by atoms with van der Waals surface area (Å²) in [4.78, 5) is 11.9. The molecule has 0 atom stereocenters. The van der Waals surface area contributed by atoms with E-state index in [1.807, 2.05) is 6.92 Å². The van der Waals surface area contributed by atoms with Crippen molar-refractivity contribution in [3.63, 3.8) is 0 Å². The van der Waals surface area contributed by atoms with Crippen molar-refractivity contribution in [3.05, 3.63) is 36.2 Å². The number of likely N-dealkylation sites (N-methyl/N-ethyl adjacent to an activating group) is 1. The molecule has 102 valence electrons. The molecule has 0 unspecified atom stereocenters. The van der Waals surface area contributed by atoms with Crippen LogP contribution in [-0.2, 0) is 9.53 Å². The molecule has 3 nitrogen and oxygen atoms in total. The van der Waals surface area contributed by atoms with Crippen molar-refractivity contribution in [1.29, 1.82) is 0 Å². The van der Waals surface area contributed by atoms with E-state index in [4.69, 9.17) is 4.74 Å². The van der Waals surface area contributed by atoms with Gasteiger partial charge in [-0.1, -0.05) is 24.3 Å². The van der Waals surface area contributed by atoms with Crippen molar-refractivity contribution in [3.8, 4) is 0 Å². The Morgan fingerprint density at radius 3 is 2.50 bits per heavy atom. The zero-order valence-electron chi connectivity index (χ0n) is 11.7. The van der Waals surface area contributed by atoms with Gasteiger partial charge in [-0.3, -0.25) is 4.48 Å². The molecule has 0 saturated carbocycles. The molecule has 0 aromatic rings. The summed E-state index contributed by atoms with van der Waals surface area (Å²) in [5, 5.41) is 0. The number of ether oxygens (including phenoxy) is 1. The van der Waals surface area contributed by atoms with Gasteiger partial charge in [0, 0.05) is 7.11 Å². The number of rotatable bonds is 7. The van der Waals surface area contributed by atoms with Crippen LogP contribution in [0.3, 0.4) is 0 Å². The highest BCUT2D eigenvalue weighted by molar-refractivity contribution is 5.71. The number of hydrogen-bond donors (Lipinski definition) is 0. The Morgan fingerprint density at radius 2 is 2.00 bits per heavy atom. The molecule has 0 spiro atoms. The van der Waals surface area contributed by atoms with E-state index < -0.39 is 5.83 Å². The number of hydrogen-bond acceptors (Lipinski definition) is 2. The van der Waals surface area contributed by atoms with E-state index in [2.05, 4.69) is 6.58 Å². The molecule has 0 bridgehead atoms. The van der Waals surface area contributed by atoms with Crippen molar-refractivity contribution in [1.82, 2.24) is 0 Å². The van der Waals surface area contributed by atoms with Crippen LogP contribution in [0.2, 0.25) is 0 Å². The van der Waals surface area contributed by atoms with Crippen molar-refractivity contribution in [2.24, 2.45) is 0 Å². The maximum atomic E-state index is 13.5. The zero-order valence-corrected chi connectivity index (χ0v) is 11.7. The molecule has 0 aromatic heterocycles. The summed E-state index contributed by atoms with van der Waals surface area (Å²) in [6.07, 6.45) is 4.35. The standard InChI is InChI=1S/C14H23FNO2/c1-6-12(2)7-8-13(15)11-14(17)16(3,4)9-10-18-5/h6-8H,1,9-11H2,2-5H3/q+1. The van der Waals surface area contributed by atoms with Crippen molar-refractivity contribution in [2.75, 3.05) is 34.4 Å². The number of carbonyl (C=O) groups is 1. The van der Waals surface area contributed by atoms with Crippen LogP contribution in [0, 0.1) is 0 Å². The van der Waals surface area contributed by atoms with Crippen LogP contribution in [0.1, 0.15) is 13.3 Å². The minimum atomic E-state index is -0.440. The normalized spacial score (nSPS) is 13.6. The highest BCUT2D eigenvalue weighted by atomic mass is 19.1. The summed E-state index contributed by atoms with van der Waals surface area (Å²) >= 11 is 0. The van der Waals surface area contributed by atoms with Gasteiger partial charge in [0.2, 0.25) is 0 Å². The molecule has 0 aliphatic carbocycles. The number of quaternary nitrogens is 1. The maximum Gasteiger partial charge on any atom is 0.320 e. The fraction of sp³-hybridized carbons (Fsp3) is 0.500. The van der Waals surface area contributed by atoms with Gasteiger partial charge in [-0.05, 0) is 13.0 Å². The highest BCUT2D eigenvalue weighted by Gasteiger charge is 2.26. The minimum Gasteiger partial charge on any atom is -0.379 e. The number of allylic oxidation sites excluding steroid dienone is 4. The molecule has 0 saturated heterocycles. The van der Waals surface area contributed by atoms with Crippen LogP contribution < -0.4 is 0 Å². The predicted molar refractivity (Wildman–Crippen MR) is 71.6 cm³/mol. The van der Waals surface area contributed by atoms with E-state index in [0.717, 1.165) is 5.57 Å². The van der Waals surface area contributed by atoms with Crippen LogP contribution in [0.25, 0.3) is 0 Å². The Hall–Kier alpha value is -1.26. The Labute approximate surface area is 109 Å². The Bertz CT molecular complexity index is 357. The van der Waals surface area contributed by atoms with Gasteiger partial charge < -0.3 is 4.74 Å². The van der Waals surface area contributed by atoms with E-state index in [-0.39, 0.29) is 16.8 Å². The first-order valence-corrected chi connectivity index (χ1v) is 5.84. The highest BCUT2D eigenvalue weighted by Crippen LogP contribution is 2.11. The molecule has 1 amide bonds. The Kier molecular flexibility index (Phi) is 7.39. The summed E-state index contributed by atoms with van der Waals surface area (Å²) in [7, 11) is 5.08. The lowest BCUT2D eigenvalue weighted by Crippen LogP contribution is -2.47. The first kappa shape index (κ1) is 16.7. The van der Waals surface area contributed by atoms with E-state index >= 15 is 0 Å². The van der Waals surface area contributed by atoms with Gasteiger partial charge in [0.15, 0.2) is 0 Å². The lowest BCUT2D eigenvalue weighted by Gasteiger charge is -2.26. The van der Waals surface area contributed by atoms with Crippen molar-refractivity contribution < 1.29 is 18.4 Å². The van der Waals surface area contributed by atoms with Gasteiger partial charge in [-0.2, -0.15) is 0 Å². The van der Waals surface area contributed by atoms with Gasteiger partial charge in [0.25, 0.3) is 0 Å². The van der Waals surface area contributed by atoms with Crippen molar-refractivity contribution >= 4 is 5.91 Å². The van der Waals surface area contributed by atoms with E-state index in [0.29, 0.717) is 13.2 Å². The summed E-state index contributed by atoms with van der Waals surface area (Å²) in [6.45, 7) is 6.39. The lowest BCUT2D eigenvalue weighted by molar-refractivity contribution is -0.814. The van der Waals surface area contributed by atoms with Gasteiger partial charge >= 0.3 is 5.91 Å². The molecular formula is C14H23FNO2+. The number of amides is 1. The average molecular weight is 256 g/mol. The molecule has 4 heteroatoms. The third-order valence-electron chi connectivity index (χ3n) is 2.70. The first-order valence-electron chi connectivity index (χ1n) is 5.84. The number of methoxy groups -OCH3 is 1.